The predicted molar refractivity (Wildman–Crippen MR) is 95.7 cm³/mol. The van der Waals surface area contributed by atoms with E-state index in [1.165, 1.54) is 4.88 Å². The number of aryl methyl sites for hydroxylation is 1. The van der Waals surface area contributed by atoms with E-state index in [-0.39, 0.29) is 5.91 Å². The first-order valence-electron chi connectivity index (χ1n) is 8.12. The van der Waals surface area contributed by atoms with Crippen molar-refractivity contribution in [1.29, 1.82) is 0 Å². The van der Waals surface area contributed by atoms with Crippen LogP contribution >= 0.6 is 11.3 Å². The van der Waals surface area contributed by atoms with Crippen LogP contribution in [0.3, 0.4) is 0 Å². The van der Waals surface area contributed by atoms with Crippen LogP contribution in [-0.2, 0) is 0 Å². The molecule has 1 amide bonds. The zero-order valence-corrected chi connectivity index (χ0v) is 14.2. The van der Waals surface area contributed by atoms with Gasteiger partial charge in [-0.3, -0.25) is 15.2 Å². The highest BCUT2D eigenvalue weighted by Gasteiger charge is 2.19. The molecule has 0 radical (unpaired) electrons. The van der Waals surface area contributed by atoms with Crippen LogP contribution < -0.4 is 10.6 Å². The van der Waals surface area contributed by atoms with Crippen molar-refractivity contribution in [3.8, 4) is 0 Å². The quantitative estimate of drug-likeness (QED) is 0.684. The molecule has 2 aromatic heterocycles. The Labute approximate surface area is 143 Å². The number of aromatic amines is 1. The van der Waals surface area contributed by atoms with Gasteiger partial charge in [-0.15, -0.1) is 11.3 Å². The fourth-order valence-electron chi connectivity index (χ4n) is 3.19. The summed E-state index contributed by atoms with van der Waals surface area (Å²) in [6.07, 6.45) is 5.89. The Morgan fingerprint density at radius 3 is 2.96 bits per heavy atom. The summed E-state index contributed by atoms with van der Waals surface area (Å²) in [5.74, 6) is 0.395. The number of hydrogen-bond acceptors (Lipinski definition) is 5. The number of carbonyl (C=O) groups excluding carboxylic acids is 1. The zero-order chi connectivity index (χ0) is 16.5. The number of H-pyrrole nitrogens is 1. The van der Waals surface area contributed by atoms with Crippen molar-refractivity contribution >= 4 is 33.3 Å². The molecule has 3 heterocycles. The van der Waals surface area contributed by atoms with E-state index in [0.29, 0.717) is 16.6 Å². The standard InChI is InChI=1S/C17H19N5OS/c1-10-6-12-8-20-22-15(12)13(7-10)16(23)21-17-19-9-14(24-17)11-2-4-18-5-3-11/h6-9,11,18H,2-5H2,1H3,(H,20,22)(H,19,21,23). The third-order valence-electron chi connectivity index (χ3n) is 4.42. The van der Waals surface area contributed by atoms with E-state index in [2.05, 4.69) is 25.8 Å². The molecule has 0 bridgehead atoms. The summed E-state index contributed by atoms with van der Waals surface area (Å²) >= 11 is 1.58. The van der Waals surface area contributed by atoms with Gasteiger partial charge in [-0.25, -0.2) is 4.98 Å². The van der Waals surface area contributed by atoms with Crippen LogP contribution in [0.1, 0.15) is 39.6 Å². The Bertz CT molecular complexity index is 878. The maximum absolute atomic E-state index is 12.7. The molecule has 1 aliphatic heterocycles. The molecule has 7 heteroatoms. The molecular weight excluding hydrogens is 322 g/mol. The fourth-order valence-corrected chi connectivity index (χ4v) is 4.17. The molecule has 3 aromatic rings. The van der Waals surface area contributed by atoms with Gasteiger partial charge >= 0.3 is 0 Å². The van der Waals surface area contributed by atoms with Crippen molar-refractivity contribution in [3.05, 3.63) is 40.5 Å². The summed E-state index contributed by atoms with van der Waals surface area (Å²) < 4.78 is 0. The maximum Gasteiger partial charge on any atom is 0.259 e. The molecule has 1 fully saturated rings. The summed E-state index contributed by atoms with van der Waals surface area (Å²) in [6, 6.07) is 3.88. The number of nitrogens with one attached hydrogen (secondary N) is 3. The normalized spacial score (nSPS) is 15.7. The Hall–Kier alpha value is -2.25. The van der Waals surface area contributed by atoms with Crippen LogP contribution in [0.25, 0.3) is 10.9 Å². The second-order valence-electron chi connectivity index (χ2n) is 6.19. The van der Waals surface area contributed by atoms with E-state index in [4.69, 9.17) is 0 Å². The lowest BCUT2D eigenvalue weighted by molar-refractivity contribution is 0.102. The zero-order valence-electron chi connectivity index (χ0n) is 13.4. The van der Waals surface area contributed by atoms with Gasteiger partial charge in [0.25, 0.3) is 5.91 Å². The fraction of sp³-hybridized carbons (Fsp3) is 0.353. The number of hydrogen-bond donors (Lipinski definition) is 3. The highest BCUT2D eigenvalue weighted by molar-refractivity contribution is 7.15. The summed E-state index contributed by atoms with van der Waals surface area (Å²) in [5.41, 5.74) is 2.39. The number of rotatable bonds is 3. The van der Waals surface area contributed by atoms with Gasteiger partial charge in [0.15, 0.2) is 5.13 Å². The number of nitrogens with zero attached hydrogens (tertiary/aromatic N) is 2. The van der Waals surface area contributed by atoms with Gasteiger partial charge < -0.3 is 5.32 Å². The minimum Gasteiger partial charge on any atom is -0.317 e. The smallest absolute Gasteiger partial charge is 0.259 e. The van der Waals surface area contributed by atoms with E-state index in [1.54, 1.807) is 17.5 Å². The molecule has 1 aliphatic rings. The van der Waals surface area contributed by atoms with Gasteiger partial charge in [-0.2, -0.15) is 5.10 Å². The molecule has 1 aromatic carbocycles. The first-order valence-corrected chi connectivity index (χ1v) is 8.94. The van der Waals surface area contributed by atoms with Crippen LogP contribution in [0, 0.1) is 6.92 Å². The van der Waals surface area contributed by atoms with Crippen molar-refractivity contribution in [3.63, 3.8) is 0 Å². The maximum atomic E-state index is 12.7. The molecule has 0 aliphatic carbocycles. The molecule has 0 atom stereocenters. The predicted octanol–water partition coefficient (Wildman–Crippen LogP) is 3.05. The molecule has 0 spiro atoms. The SMILES string of the molecule is Cc1cc(C(=O)Nc2ncc(C3CCNCC3)s2)c2[nH]ncc2c1. The highest BCUT2D eigenvalue weighted by atomic mass is 32.1. The summed E-state index contributed by atoms with van der Waals surface area (Å²) in [6.45, 7) is 4.07. The minimum absolute atomic E-state index is 0.154. The number of fused-ring (bicyclic) bond motifs is 1. The van der Waals surface area contributed by atoms with E-state index >= 15 is 0 Å². The molecule has 24 heavy (non-hydrogen) atoms. The first kappa shape index (κ1) is 15.3. The highest BCUT2D eigenvalue weighted by Crippen LogP contribution is 2.32. The Balaban J connectivity index is 1.55. The third-order valence-corrected chi connectivity index (χ3v) is 5.50. The third kappa shape index (κ3) is 2.92. The lowest BCUT2D eigenvalue weighted by Crippen LogP contribution is -2.26. The van der Waals surface area contributed by atoms with Crippen molar-refractivity contribution < 1.29 is 4.79 Å². The Morgan fingerprint density at radius 1 is 1.29 bits per heavy atom. The summed E-state index contributed by atoms with van der Waals surface area (Å²) in [5, 5.41) is 14.8. The summed E-state index contributed by atoms with van der Waals surface area (Å²) in [7, 11) is 0. The molecular formula is C17H19N5OS. The van der Waals surface area contributed by atoms with Crippen molar-refractivity contribution in [2.45, 2.75) is 25.7 Å². The largest absolute Gasteiger partial charge is 0.317 e. The Morgan fingerprint density at radius 2 is 2.12 bits per heavy atom. The molecule has 0 saturated carbocycles. The summed E-state index contributed by atoms with van der Waals surface area (Å²) in [4.78, 5) is 18.3. The first-order chi connectivity index (χ1) is 11.7. The average molecular weight is 341 g/mol. The van der Waals surface area contributed by atoms with Crippen molar-refractivity contribution in [2.75, 3.05) is 18.4 Å². The van der Waals surface area contributed by atoms with Crippen molar-refractivity contribution in [1.82, 2.24) is 20.5 Å². The van der Waals surface area contributed by atoms with Gasteiger partial charge in [0.1, 0.15) is 0 Å². The van der Waals surface area contributed by atoms with E-state index in [0.717, 1.165) is 42.4 Å². The topological polar surface area (TPSA) is 82.7 Å². The van der Waals surface area contributed by atoms with Crippen LogP contribution in [0.5, 0.6) is 0 Å². The monoisotopic (exact) mass is 341 g/mol. The minimum atomic E-state index is -0.154. The van der Waals surface area contributed by atoms with Crippen molar-refractivity contribution in [2.24, 2.45) is 0 Å². The average Bonchev–Trinajstić information content (AvgIpc) is 3.24. The number of carbonyl (C=O) groups is 1. The molecule has 4 rings (SSSR count). The van der Waals surface area contributed by atoms with Gasteiger partial charge in [0.2, 0.25) is 0 Å². The number of benzene rings is 1. The van der Waals surface area contributed by atoms with E-state index in [9.17, 15) is 4.79 Å². The van der Waals surface area contributed by atoms with E-state index < -0.39 is 0 Å². The number of anilines is 1. The van der Waals surface area contributed by atoms with Gasteiger partial charge in [-0.1, -0.05) is 0 Å². The van der Waals surface area contributed by atoms with Gasteiger partial charge in [-0.05, 0) is 56.5 Å². The number of amides is 1. The van der Waals surface area contributed by atoms with Crippen LogP contribution in [-0.4, -0.2) is 34.2 Å². The van der Waals surface area contributed by atoms with Crippen LogP contribution in [0.2, 0.25) is 0 Å². The lowest BCUT2D eigenvalue weighted by Gasteiger charge is -2.20. The van der Waals surface area contributed by atoms with E-state index in [1.807, 2.05) is 25.3 Å². The number of aromatic nitrogens is 3. The molecule has 124 valence electrons. The second-order valence-corrected chi connectivity index (χ2v) is 7.26. The van der Waals surface area contributed by atoms with Gasteiger partial charge in [0, 0.05) is 16.5 Å². The second kappa shape index (κ2) is 6.33. The van der Waals surface area contributed by atoms with Gasteiger partial charge in [0.05, 0.1) is 17.3 Å². The number of thiazole rings is 1. The van der Waals surface area contributed by atoms with Crippen LogP contribution in [0.4, 0.5) is 5.13 Å². The Kier molecular flexibility index (Phi) is 4.03. The molecule has 6 nitrogen and oxygen atoms in total. The molecule has 1 saturated heterocycles. The van der Waals surface area contributed by atoms with Crippen LogP contribution in [0.15, 0.2) is 24.5 Å². The lowest BCUT2D eigenvalue weighted by atomic mass is 9.97. The molecule has 0 unspecified atom stereocenters. The number of piperidine rings is 1. The molecule has 3 N–H and O–H groups in total.